The van der Waals surface area contributed by atoms with Crippen LogP contribution < -0.4 is 4.74 Å². The zero-order chi connectivity index (χ0) is 16.7. The Morgan fingerprint density at radius 3 is 2.79 bits per heavy atom. The summed E-state index contributed by atoms with van der Waals surface area (Å²) >= 11 is 0. The van der Waals surface area contributed by atoms with Crippen molar-refractivity contribution in [3.8, 4) is 5.75 Å². The monoisotopic (exact) mass is 326 g/mol. The van der Waals surface area contributed by atoms with E-state index in [1.807, 2.05) is 12.1 Å². The third-order valence-electron chi connectivity index (χ3n) is 6.44. The Bertz CT molecular complexity index is 703. The van der Waals surface area contributed by atoms with Crippen molar-refractivity contribution in [1.29, 1.82) is 0 Å². The van der Waals surface area contributed by atoms with Gasteiger partial charge in [0, 0.05) is 11.0 Å². The van der Waals surface area contributed by atoms with Crippen molar-refractivity contribution in [2.45, 2.75) is 57.3 Å². The molecule has 3 aliphatic rings. The second kappa shape index (κ2) is 5.94. The molecule has 24 heavy (non-hydrogen) atoms. The van der Waals surface area contributed by atoms with Crippen LogP contribution in [-0.4, -0.2) is 19.7 Å². The number of ether oxygens (including phenoxy) is 2. The molecule has 0 radical (unpaired) electrons. The molecule has 4 rings (SSSR count). The van der Waals surface area contributed by atoms with Crippen LogP contribution >= 0.6 is 0 Å². The van der Waals surface area contributed by atoms with Crippen LogP contribution in [-0.2, 0) is 10.2 Å². The Labute approximate surface area is 144 Å². The first-order chi connectivity index (χ1) is 11.6. The summed E-state index contributed by atoms with van der Waals surface area (Å²) in [5, 5.41) is 0. The van der Waals surface area contributed by atoms with Crippen molar-refractivity contribution in [2.24, 2.45) is 5.92 Å². The van der Waals surface area contributed by atoms with Gasteiger partial charge in [-0.1, -0.05) is 18.1 Å². The van der Waals surface area contributed by atoms with Gasteiger partial charge in [0.2, 0.25) is 0 Å². The van der Waals surface area contributed by atoms with Crippen LogP contribution in [0, 0.1) is 5.92 Å². The lowest BCUT2D eigenvalue weighted by Gasteiger charge is -2.39. The fourth-order valence-electron chi connectivity index (χ4n) is 4.86. The maximum absolute atomic E-state index is 11.9. The second-order valence-electron chi connectivity index (χ2n) is 7.76. The molecule has 3 heteroatoms. The van der Waals surface area contributed by atoms with Gasteiger partial charge in [-0.15, -0.1) is 0 Å². The molecule has 1 aromatic rings. The molecular formula is C21H26O3. The molecule has 0 fully saturated rings. The Morgan fingerprint density at radius 2 is 2.00 bits per heavy atom. The van der Waals surface area contributed by atoms with Crippen molar-refractivity contribution >= 4 is 5.97 Å². The molecular weight excluding hydrogens is 300 g/mol. The zero-order valence-corrected chi connectivity index (χ0v) is 14.7. The van der Waals surface area contributed by atoms with E-state index in [9.17, 15) is 4.79 Å². The zero-order valence-electron chi connectivity index (χ0n) is 14.7. The third-order valence-corrected chi connectivity index (χ3v) is 6.44. The highest BCUT2D eigenvalue weighted by Gasteiger charge is 2.44. The predicted molar refractivity (Wildman–Crippen MR) is 93.5 cm³/mol. The van der Waals surface area contributed by atoms with E-state index in [0.29, 0.717) is 11.5 Å². The molecule has 0 amide bonds. The molecule has 2 unspecified atom stereocenters. The van der Waals surface area contributed by atoms with Crippen LogP contribution in [0.5, 0.6) is 5.75 Å². The van der Waals surface area contributed by atoms with Gasteiger partial charge in [0.05, 0.1) is 19.3 Å². The molecule has 0 saturated heterocycles. The number of methoxy groups -OCH3 is 1. The Hall–Kier alpha value is -1.77. The van der Waals surface area contributed by atoms with E-state index < -0.39 is 0 Å². The van der Waals surface area contributed by atoms with Gasteiger partial charge in [-0.3, -0.25) is 0 Å². The highest BCUT2D eigenvalue weighted by atomic mass is 16.5. The van der Waals surface area contributed by atoms with Crippen molar-refractivity contribution in [1.82, 2.24) is 0 Å². The predicted octanol–water partition coefficient (Wildman–Crippen LogP) is 4.79. The van der Waals surface area contributed by atoms with Crippen LogP contribution in [0.1, 0.15) is 67.8 Å². The van der Waals surface area contributed by atoms with Crippen LogP contribution in [0.2, 0.25) is 0 Å². The molecule has 1 heterocycles. The van der Waals surface area contributed by atoms with Crippen molar-refractivity contribution in [2.75, 3.05) is 13.7 Å². The molecule has 2 atom stereocenters. The number of allylic oxidation sites excluding steroid dienone is 2. The summed E-state index contributed by atoms with van der Waals surface area (Å²) in [7, 11) is 1.43. The van der Waals surface area contributed by atoms with Gasteiger partial charge in [-0.05, 0) is 69.1 Å². The fraction of sp³-hybridized carbons (Fsp3) is 0.571. The number of hydrogen-bond donors (Lipinski definition) is 0. The average molecular weight is 326 g/mol. The van der Waals surface area contributed by atoms with E-state index in [0.717, 1.165) is 12.4 Å². The average Bonchev–Trinajstić information content (AvgIpc) is 2.98. The van der Waals surface area contributed by atoms with E-state index in [4.69, 9.17) is 9.47 Å². The quantitative estimate of drug-likeness (QED) is 0.579. The first-order valence-electron chi connectivity index (χ1n) is 9.17. The van der Waals surface area contributed by atoms with Gasteiger partial charge >= 0.3 is 5.97 Å². The number of carbonyl (C=O) groups excluding carboxylic acids is 1. The lowest BCUT2D eigenvalue weighted by atomic mass is 9.64. The van der Waals surface area contributed by atoms with Crippen molar-refractivity contribution < 1.29 is 14.3 Å². The number of benzene rings is 1. The lowest BCUT2D eigenvalue weighted by molar-refractivity contribution is 0.0600. The number of fused-ring (bicyclic) bond motifs is 1. The maximum Gasteiger partial charge on any atom is 0.337 e. The topological polar surface area (TPSA) is 35.5 Å². The summed E-state index contributed by atoms with van der Waals surface area (Å²) in [4.78, 5) is 11.9. The second-order valence-corrected chi connectivity index (χ2v) is 7.76. The Morgan fingerprint density at radius 1 is 1.21 bits per heavy atom. The van der Waals surface area contributed by atoms with Crippen LogP contribution in [0.15, 0.2) is 29.3 Å². The summed E-state index contributed by atoms with van der Waals surface area (Å²) in [6, 6.07) is 5.74. The first kappa shape index (κ1) is 15.7. The highest BCUT2D eigenvalue weighted by molar-refractivity contribution is 5.90. The van der Waals surface area contributed by atoms with Crippen LogP contribution in [0.4, 0.5) is 0 Å². The fourth-order valence-corrected chi connectivity index (χ4v) is 4.86. The molecule has 128 valence electrons. The summed E-state index contributed by atoms with van der Waals surface area (Å²) in [5.74, 6) is 1.27. The van der Waals surface area contributed by atoms with Gasteiger partial charge in [0.25, 0.3) is 0 Å². The Balaban J connectivity index is 1.66. The molecule has 0 aromatic heterocycles. The lowest BCUT2D eigenvalue weighted by Crippen LogP contribution is -2.36. The van der Waals surface area contributed by atoms with Gasteiger partial charge in [-0.2, -0.15) is 0 Å². The molecule has 0 bridgehead atoms. The molecule has 1 aromatic carbocycles. The smallest absolute Gasteiger partial charge is 0.337 e. The minimum absolute atomic E-state index is 0.00462. The normalized spacial score (nSPS) is 28.8. The van der Waals surface area contributed by atoms with E-state index in [1.165, 1.54) is 57.6 Å². The highest BCUT2D eigenvalue weighted by Crippen LogP contribution is 2.51. The summed E-state index contributed by atoms with van der Waals surface area (Å²) in [6.45, 7) is 3.04. The van der Waals surface area contributed by atoms with E-state index in [1.54, 1.807) is 17.2 Å². The standard InChI is InChI=1S/C21H26O3/c1-21(17-9-7-14-5-3-4-6-15(14)11-17)13-24-19-10-8-16(12-18(19)21)20(22)23-2/h8,10,12,17H,3-7,9,11,13H2,1-2H3. The molecule has 0 saturated carbocycles. The van der Waals surface area contributed by atoms with Crippen molar-refractivity contribution in [3.63, 3.8) is 0 Å². The molecule has 0 N–H and O–H groups in total. The van der Waals surface area contributed by atoms with Gasteiger partial charge in [0.1, 0.15) is 5.75 Å². The Kier molecular flexibility index (Phi) is 3.90. The van der Waals surface area contributed by atoms with E-state index in [-0.39, 0.29) is 11.4 Å². The minimum Gasteiger partial charge on any atom is -0.492 e. The minimum atomic E-state index is -0.270. The summed E-state index contributed by atoms with van der Waals surface area (Å²) < 4.78 is 10.9. The third kappa shape index (κ3) is 2.45. The van der Waals surface area contributed by atoms with E-state index in [2.05, 4.69) is 6.92 Å². The number of esters is 1. The van der Waals surface area contributed by atoms with E-state index >= 15 is 0 Å². The van der Waals surface area contributed by atoms with Crippen LogP contribution in [0.3, 0.4) is 0 Å². The first-order valence-corrected chi connectivity index (χ1v) is 9.17. The van der Waals surface area contributed by atoms with Gasteiger partial charge in [0.15, 0.2) is 0 Å². The summed E-state index contributed by atoms with van der Waals surface area (Å²) in [5.41, 5.74) is 5.27. The number of rotatable bonds is 2. The van der Waals surface area contributed by atoms with Crippen LogP contribution in [0.25, 0.3) is 0 Å². The molecule has 2 aliphatic carbocycles. The molecule has 3 nitrogen and oxygen atoms in total. The molecule has 0 spiro atoms. The maximum atomic E-state index is 11.9. The molecule has 1 aliphatic heterocycles. The van der Waals surface area contributed by atoms with Gasteiger partial charge < -0.3 is 9.47 Å². The van der Waals surface area contributed by atoms with Gasteiger partial charge in [-0.25, -0.2) is 4.79 Å². The largest absolute Gasteiger partial charge is 0.492 e. The van der Waals surface area contributed by atoms with Crippen molar-refractivity contribution in [3.05, 3.63) is 40.5 Å². The number of carbonyl (C=O) groups is 1. The summed E-state index contributed by atoms with van der Waals surface area (Å²) in [6.07, 6.45) is 9.02. The SMILES string of the molecule is COC(=O)c1ccc2c(c1)C(C)(C1CCC3=C(CCCC3)C1)CO2. The number of hydrogen-bond acceptors (Lipinski definition) is 3.